The van der Waals surface area contributed by atoms with E-state index in [4.69, 9.17) is 5.73 Å². The van der Waals surface area contributed by atoms with Gasteiger partial charge in [-0.05, 0) is 30.0 Å². The van der Waals surface area contributed by atoms with Crippen molar-refractivity contribution in [2.24, 2.45) is 11.7 Å². The molecule has 4 nitrogen and oxygen atoms in total. The lowest BCUT2D eigenvalue weighted by molar-refractivity contribution is 0.562. The zero-order chi connectivity index (χ0) is 13.8. The fraction of sp³-hybridized carbons (Fsp3) is 0.429. The number of halogens is 1. The smallest absolute Gasteiger partial charge is 0.123 e. The van der Waals surface area contributed by atoms with Crippen molar-refractivity contribution in [1.29, 1.82) is 0 Å². The van der Waals surface area contributed by atoms with Gasteiger partial charge in [0.15, 0.2) is 0 Å². The Bertz CT molecular complexity index is 531. The Balaban J connectivity index is 2.24. The van der Waals surface area contributed by atoms with Gasteiger partial charge >= 0.3 is 0 Å². The molecule has 2 rings (SSSR count). The predicted molar refractivity (Wildman–Crippen MR) is 72.0 cm³/mol. The minimum atomic E-state index is -0.229. The van der Waals surface area contributed by atoms with Gasteiger partial charge in [-0.2, -0.15) is 0 Å². The summed E-state index contributed by atoms with van der Waals surface area (Å²) in [6, 6.07) is 6.44. The quantitative estimate of drug-likeness (QED) is 0.898. The van der Waals surface area contributed by atoms with Gasteiger partial charge in [0.25, 0.3) is 0 Å². The molecule has 1 aromatic carbocycles. The van der Waals surface area contributed by atoms with Gasteiger partial charge in [-0.15, -0.1) is 5.10 Å². The van der Waals surface area contributed by atoms with Gasteiger partial charge in [0.05, 0.1) is 17.9 Å². The van der Waals surface area contributed by atoms with E-state index in [2.05, 4.69) is 24.2 Å². The van der Waals surface area contributed by atoms with Gasteiger partial charge in [0, 0.05) is 6.54 Å². The largest absolute Gasteiger partial charge is 0.325 e. The van der Waals surface area contributed by atoms with E-state index in [-0.39, 0.29) is 5.82 Å². The van der Waals surface area contributed by atoms with Crippen molar-refractivity contribution >= 4 is 0 Å². The zero-order valence-corrected chi connectivity index (χ0v) is 11.3. The molecular weight excluding hydrogens is 243 g/mol. The van der Waals surface area contributed by atoms with Crippen LogP contribution in [-0.4, -0.2) is 15.0 Å². The van der Waals surface area contributed by atoms with Gasteiger partial charge in [-0.1, -0.05) is 31.2 Å². The van der Waals surface area contributed by atoms with Gasteiger partial charge in [-0.25, -0.2) is 9.07 Å². The van der Waals surface area contributed by atoms with Gasteiger partial charge in [0.1, 0.15) is 5.82 Å². The fourth-order valence-corrected chi connectivity index (χ4v) is 2.03. The molecule has 1 aromatic heterocycles. The van der Waals surface area contributed by atoms with Crippen molar-refractivity contribution < 1.29 is 4.39 Å². The first-order chi connectivity index (χ1) is 9.10. The van der Waals surface area contributed by atoms with Crippen LogP contribution in [0.2, 0.25) is 0 Å². The summed E-state index contributed by atoms with van der Waals surface area (Å²) in [6.07, 6.45) is 0.890. The van der Waals surface area contributed by atoms with Crippen molar-refractivity contribution in [2.45, 2.75) is 33.4 Å². The number of hydrogen-bond donors (Lipinski definition) is 1. The Hall–Kier alpha value is -1.75. The lowest BCUT2D eigenvalue weighted by Gasteiger charge is -2.10. The number of rotatable bonds is 5. The normalized spacial score (nSPS) is 11.2. The first kappa shape index (κ1) is 13.7. The molecule has 102 valence electrons. The first-order valence-electron chi connectivity index (χ1n) is 6.46. The third kappa shape index (κ3) is 3.38. The van der Waals surface area contributed by atoms with Crippen molar-refractivity contribution in [3.05, 3.63) is 47.0 Å². The molecule has 0 atom stereocenters. The topological polar surface area (TPSA) is 56.7 Å². The Morgan fingerprint density at radius 2 is 1.95 bits per heavy atom. The average Bonchev–Trinajstić information content (AvgIpc) is 2.74. The van der Waals surface area contributed by atoms with Crippen LogP contribution in [0.1, 0.15) is 30.8 Å². The third-order valence-corrected chi connectivity index (χ3v) is 2.96. The third-order valence-electron chi connectivity index (χ3n) is 2.96. The highest BCUT2D eigenvalue weighted by molar-refractivity contribution is 5.18. The molecule has 0 aliphatic carbocycles. The number of nitrogens with two attached hydrogens (primary N) is 1. The first-order valence-corrected chi connectivity index (χ1v) is 6.46. The van der Waals surface area contributed by atoms with Crippen LogP contribution in [0.4, 0.5) is 4.39 Å². The van der Waals surface area contributed by atoms with Crippen LogP contribution in [0.15, 0.2) is 24.3 Å². The van der Waals surface area contributed by atoms with E-state index >= 15 is 0 Å². The van der Waals surface area contributed by atoms with Crippen LogP contribution in [0.5, 0.6) is 0 Å². The maximum Gasteiger partial charge on any atom is 0.123 e. The molecule has 0 unspecified atom stereocenters. The lowest BCUT2D eigenvalue weighted by atomic mass is 10.1. The SMILES string of the molecule is CC(C)Cc1c(CN)nnn1Cc1ccc(F)cc1. The number of hydrogen-bond acceptors (Lipinski definition) is 3. The Morgan fingerprint density at radius 1 is 1.26 bits per heavy atom. The molecule has 0 saturated carbocycles. The second-order valence-corrected chi connectivity index (χ2v) is 5.07. The van der Waals surface area contributed by atoms with E-state index < -0.39 is 0 Å². The predicted octanol–water partition coefficient (Wildman–Crippen LogP) is 2.12. The van der Waals surface area contributed by atoms with Crippen LogP contribution in [0.25, 0.3) is 0 Å². The molecule has 19 heavy (non-hydrogen) atoms. The zero-order valence-electron chi connectivity index (χ0n) is 11.3. The number of aromatic nitrogens is 3. The van der Waals surface area contributed by atoms with E-state index in [1.807, 2.05) is 4.68 Å². The van der Waals surface area contributed by atoms with Crippen LogP contribution in [0.3, 0.4) is 0 Å². The summed E-state index contributed by atoms with van der Waals surface area (Å²) in [6.45, 7) is 5.28. The summed E-state index contributed by atoms with van der Waals surface area (Å²) in [4.78, 5) is 0. The molecule has 0 bridgehead atoms. The summed E-state index contributed by atoms with van der Waals surface area (Å²) in [5, 5.41) is 8.27. The van der Waals surface area contributed by atoms with Crippen LogP contribution >= 0.6 is 0 Å². The van der Waals surface area contributed by atoms with Crippen molar-refractivity contribution in [3.8, 4) is 0 Å². The molecule has 0 fully saturated rings. The van der Waals surface area contributed by atoms with Gasteiger partial charge in [-0.3, -0.25) is 0 Å². The summed E-state index contributed by atoms with van der Waals surface area (Å²) >= 11 is 0. The van der Waals surface area contributed by atoms with E-state index in [1.165, 1.54) is 12.1 Å². The molecule has 0 amide bonds. The second-order valence-electron chi connectivity index (χ2n) is 5.07. The van der Waals surface area contributed by atoms with Crippen molar-refractivity contribution in [3.63, 3.8) is 0 Å². The summed E-state index contributed by atoms with van der Waals surface area (Å²) < 4.78 is 14.7. The minimum absolute atomic E-state index is 0.229. The molecule has 2 aromatic rings. The Morgan fingerprint density at radius 3 is 2.53 bits per heavy atom. The van der Waals surface area contributed by atoms with Gasteiger partial charge in [0.2, 0.25) is 0 Å². The average molecular weight is 262 g/mol. The van der Waals surface area contributed by atoms with E-state index in [0.29, 0.717) is 19.0 Å². The maximum absolute atomic E-state index is 12.9. The minimum Gasteiger partial charge on any atom is -0.325 e. The maximum atomic E-state index is 12.9. The van der Waals surface area contributed by atoms with Crippen LogP contribution in [-0.2, 0) is 19.5 Å². The van der Waals surface area contributed by atoms with Crippen LogP contribution < -0.4 is 5.73 Å². The molecule has 0 radical (unpaired) electrons. The molecule has 0 saturated heterocycles. The van der Waals surface area contributed by atoms with Gasteiger partial charge < -0.3 is 5.73 Å². The van der Waals surface area contributed by atoms with E-state index in [1.54, 1.807) is 12.1 Å². The molecule has 1 heterocycles. The standard InChI is InChI=1S/C14H19FN4/c1-10(2)7-14-13(8-16)17-18-19(14)9-11-3-5-12(15)6-4-11/h3-6,10H,7-9,16H2,1-2H3. The summed E-state index contributed by atoms with van der Waals surface area (Å²) in [5.74, 6) is 0.281. The summed E-state index contributed by atoms with van der Waals surface area (Å²) in [7, 11) is 0. The summed E-state index contributed by atoms with van der Waals surface area (Å²) in [5.41, 5.74) is 8.60. The number of benzene rings is 1. The lowest BCUT2D eigenvalue weighted by Crippen LogP contribution is -2.11. The fourth-order valence-electron chi connectivity index (χ4n) is 2.03. The highest BCUT2D eigenvalue weighted by Gasteiger charge is 2.13. The van der Waals surface area contributed by atoms with E-state index in [9.17, 15) is 4.39 Å². The molecule has 0 aliphatic rings. The van der Waals surface area contributed by atoms with Crippen molar-refractivity contribution in [1.82, 2.24) is 15.0 Å². The molecule has 0 spiro atoms. The van der Waals surface area contributed by atoms with E-state index in [0.717, 1.165) is 23.4 Å². The monoisotopic (exact) mass is 262 g/mol. The highest BCUT2D eigenvalue weighted by Crippen LogP contribution is 2.13. The Kier molecular flexibility index (Phi) is 4.27. The number of nitrogens with zero attached hydrogens (tertiary/aromatic N) is 3. The molecule has 5 heteroatoms. The Labute approximate surface area is 112 Å². The second kappa shape index (κ2) is 5.93. The molecular formula is C14H19FN4. The van der Waals surface area contributed by atoms with Crippen molar-refractivity contribution in [2.75, 3.05) is 0 Å². The highest BCUT2D eigenvalue weighted by atomic mass is 19.1. The molecule has 2 N–H and O–H groups in total. The molecule has 0 aliphatic heterocycles. The van der Waals surface area contributed by atoms with Crippen LogP contribution in [0, 0.1) is 11.7 Å².